The van der Waals surface area contributed by atoms with Crippen LogP contribution in [0.25, 0.3) is 0 Å². The van der Waals surface area contributed by atoms with Crippen molar-refractivity contribution >= 4 is 17.7 Å². The Balaban J connectivity index is 1.83. The third kappa shape index (κ3) is 3.65. The number of halogens is 2. The Kier molecular flexibility index (Phi) is 4.43. The van der Waals surface area contributed by atoms with Crippen LogP contribution in [0.2, 0.25) is 0 Å². The molecule has 1 amide bonds. The molecule has 2 aromatic carbocycles. The van der Waals surface area contributed by atoms with Crippen LogP contribution in [0.3, 0.4) is 0 Å². The maximum absolute atomic E-state index is 13.4. The van der Waals surface area contributed by atoms with Crippen molar-refractivity contribution < 1.29 is 13.6 Å². The van der Waals surface area contributed by atoms with Gasteiger partial charge in [-0.3, -0.25) is 4.79 Å². The monoisotopic (exact) mass is 319 g/mol. The molecule has 1 atom stereocenters. The van der Waals surface area contributed by atoms with Gasteiger partial charge in [-0.1, -0.05) is 30.3 Å². The van der Waals surface area contributed by atoms with E-state index in [1.54, 1.807) is 0 Å². The highest BCUT2D eigenvalue weighted by Crippen LogP contribution is 2.36. The van der Waals surface area contributed by atoms with Gasteiger partial charge in [0.05, 0.1) is 0 Å². The first-order valence-corrected chi connectivity index (χ1v) is 7.98. The Morgan fingerprint density at radius 3 is 2.45 bits per heavy atom. The minimum atomic E-state index is -0.903. The summed E-state index contributed by atoms with van der Waals surface area (Å²) >= 11 is 1.22. The lowest BCUT2D eigenvalue weighted by atomic mass is 10.1. The third-order valence-corrected chi connectivity index (χ3v) is 4.66. The fraction of sp³-hybridized carbons (Fsp3) is 0.235. The molecule has 1 unspecified atom stereocenters. The average molecular weight is 319 g/mol. The summed E-state index contributed by atoms with van der Waals surface area (Å²) in [6.45, 7) is 0. The highest BCUT2D eigenvalue weighted by atomic mass is 32.2. The van der Waals surface area contributed by atoms with E-state index in [-0.39, 0.29) is 11.9 Å². The van der Waals surface area contributed by atoms with Gasteiger partial charge >= 0.3 is 0 Å². The van der Waals surface area contributed by atoms with Gasteiger partial charge in [0.2, 0.25) is 5.91 Å². The quantitative estimate of drug-likeness (QED) is 0.842. The fourth-order valence-electron chi connectivity index (χ4n) is 2.09. The topological polar surface area (TPSA) is 29.1 Å². The second-order valence-corrected chi connectivity index (χ2v) is 6.45. The van der Waals surface area contributed by atoms with Gasteiger partial charge in [0.25, 0.3) is 0 Å². The number of hydrogen-bond acceptors (Lipinski definition) is 2. The number of thioether (sulfide) groups is 1. The number of benzene rings is 2. The molecule has 1 aliphatic rings. The van der Waals surface area contributed by atoms with Gasteiger partial charge in [0, 0.05) is 10.9 Å². The van der Waals surface area contributed by atoms with Crippen molar-refractivity contribution in [2.24, 2.45) is 0 Å². The van der Waals surface area contributed by atoms with Crippen molar-refractivity contribution in [1.29, 1.82) is 0 Å². The molecule has 0 aromatic heterocycles. The van der Waals surface area contributed by atoms with E-state index in [1.807, 2.05) is 30.3 Å². The van der Waals surface area contributed by atoms with Gasteiger partial charge in [0.15, 0.2) is 11.6 Å². The molecule has 2 aromatic rings. The molecule has 3 rings (SSSR count). The Bertz CT molecular complexity index is 674. The Morgan fingerprint density at radius 2 is 1.82 bits per heavy atom. The van der Waals surface area contributed by atoms with E-state index in [1.165, 1.54) is 17.8 Å². The lowest BCUT2D eigenvalue weighted by Gasteiger charge is -2.17. The summed E-state index contributed by atoms with van der Waals surface area (Å²) in [5.74, 6) is -1.88. The molecule has 0 radical (unpaired) electrons. The molecule has 0 heterocycles. The van der Waals surface area contributed by atoms with Crippen LogP contribution >= 0.6 is 11.8 Å². The van der Waals surface area contributed by atoms with Crippen LogP contribution < -0.4 is 5.32 Å². The molecular weight excluding hydrogens is 304 g/mol. The van der Waals surface area contributed by atoms with Crippen LogP contribution in [-0.4, -0.2) is 11.9 Å². The van der Waals surface area contributed by atoms with Crippen molar-refractivity contribution in [3.63, 3.8) is 0 Å². The second kappa shape index (κ2) is 6.48. The summed E-state index contributed by atoms with van der Waals surface area (Å²) in [5, 5.41) is 2.49. The molecule has 0 aliphatic heterocycles. The maximum Gasteiger partial charge on any atom is 0.238 e. The number of rotatable bonds is 5. The molecular formula is C17H15F2NOS. The highest BCUT2D eigenvalue weighted by Gasteiger charge is 2.29. The van der Waals surface area contributed by atoms with Crippen LogP contribution in [0.5, 0.6) is 0 Å². The zero-order valence-corrected chi connectivity index (χ0v) is 12.6. The van der Waals surface area contributed by atoms with Gasteiger partial charge in [-0.25, -0.2) is 8.78 Å². The first-order valence-electron chi connectivity index (χ1n) is 7.10. The lowest BCUT2D eigenvalue weighted by molar-refractivity contribution is -0.120. The number of nitrogens with one attached hydrogen (secondary N) is 1. The minimum Gasteiger partial charge on any atom is -0.352 e. The second-order valence-electron chi connectivity index (χ2n) is 5.27. The largest absolute Gasteiger partial charge is 0.352 e. The lowest BCUT2D eigenvalue weighted by Crippen LogP contribution is -2.29. The first-order chi connectivity index (χ1) is 10.6. The smallest absolute Gasteiger partial charge is 0.238 e. The van der Waals surface area contributed by atoms with Crippen molar-refractivity contribution in [2.75, 3.05) is 0 Å². The summed E-state index contributed by atoms with van der Waals surface area (Å²) in [4.78, 5) is 13.0. The van der Waals surface area contributed by atoms with E-state index in [2.05, 4.69) is 5.32 Å². The number of carbonyl (C=O) groups excluding carboxylic acids is 1. The van der Waals surface area contributed by atoms with E-state index in [4.69, 9.17) is 0 Å². The molecule has 1 aliphatic carbocycles. The van der Waals surface area contributed by atoms with E-state index in [9.17, 15) is 13.6 Å². The van der Waals surface area contributed by atoms with E-state index < -0.39 is 16.9 Å². The standard InChI is InChI=1S/C17H15F2NOS/c18-14-9-8-13(10-15(14)19)22-16(11-4-2-1-3-5-11)17(21)20-12-6-7-12/h1-5,8-10,12,16H,6-7H2,(H,20,21). The molecule has 1 N–H and O–H groups in total. The molecule has 2 nitrogen and oxygen atoms in total. The molecule has 5 heteroatoms. The van der Waals surface area contributed by atoms with Gasteiger partial charge in [0.1, 0.15) is 5.25 Å². The summed E-state index contributed by atoms with van der Waals surface area (Å²) in [6.07, 6.45) is 2.01. The van der Waals surface area contributed by atoms with E-state index in [0.717, 1.165) is 30.5 Å². The van der Waals surface area contributed by atoms with Crippen LogP contribution in [0.15, 0.2) is 53.4 Å². The predicted molar refractivity (Wildman–Crippen MR) is 82.6 cm³/mol. The molecule has 1 fully saturated rings. The zero-order valence-electron chi connectivity index (χ0n) is 11.8. The molecule has 22 heavy (non-hydrogen) atoms. The van der Waals surface area contributed by atoms with Crippen LogP contribution in [0.1, 0.15) is 23.7 Å². The number of amides is 1. The Labute approximate surface area is 131 Å². The predicted octanol–water partition coefficient (Wildman–Crippen LogP) is 4.08. The summed E-state index contributed by atoms with van der Waals surface area (Å²) < 4.78 is 26.4. The summed E-state index contributed by atoms with van der Waals surface area (Å²) in [5.41, 5.74) is 0.843. The van der Waals surface area contributed by atoms with Crippen molar-refractivity contribution in [1.82, 2.24) is 5.32 Å². The van der Waals surface area contributed by atoms with Gasteiger partial charge in [-0.05, 0) is 36.6 Å². The normalized spacial score (nSPS) is 15.4. The third-order valence-electron chi connectivity index (χ3n) is 3.41. The Hall–Kier alpha value is -1.88. The SMILES string of the molecule is O=C(NC1CC1)C(Sc1ccc(F)c(F)c1)c1ccccc1. The molecule has 114 valence electrons. The van der Waals surface area contributed by atoms with Crippen molar-refractivity contribution in [2.45, 2.75) is 29.0 Å². The Morgan fingerprint density at radius 1 is 1.09 bits per heavy atom. The van der Waals surface area contributed by atoms with Gasteiger partial charge < -0.3 is 5.32 Å². The maximum atomic E-state index is 13.4. The summed E-state index contributed by atoms with van der Waals surface area (Å²) in [6, 6.07) is 13.3. The zero-order chi connectivity index (χ0) is 15.5. The van der Waals surface area contributed by atoms with Crippen molar-refractivity contribution in [3.8, 4) is 0 Å². The number of hydrogen-bond donors (Lipinski definition) is 1. The highest BCUT2D eigenvalue weighted by molar-refractivity contribution is 8.00. The number of carbonyl (C=O) groups is 1. The molecule has 0 bridgehead atoms. The van der Waals surface area contributed by atoms with Crippen LogP contribution in [0.4, 0.5) is 8.78 Å². The molecule has 1 saturated carbocycles. The van der Waals surface area contributed by atoms with Gasteiger partial charge in [-0.2, -0.15) is 0 Å². The molecule has 0 saturated heterocycles. The van der Waals surface area contributed by atoms with Crippen molar-refractivity contribution in [3.05, 3.63) is 65.7 Å². The van der Waals surface area contributed by atoms with E-state index >= 15 is 0 Å². The van der Waals surface area contributed by atoms with Gasteiger partial charge in [-0.15, -0.1) is 11.8 Å². The molecule has 0 spiro atoms. The fourth-order valence-corrected chi connectivity index (χ4v) is 3.15. The minimum absolute atomic E-state index is 0.0940. The summed E-state index contributed by atoms with van der Waals surface area (Å²) in [7, 11) is 0. The average Bonchev–Trinajstić information content (AvgIpc) is 3.33. The van der Waals surface area contributed by atoms with Crippen LogP contribution in [0, 0.1) is 11.6 Å². The van der Waals surface area contributed by atoms with E-state index in [0.29, 0.717) is 4.90 Å². The first kappa shape index (κ1) is 15.0. The van der Waals surface area contributed by atoms with Crippen LogP contribution in [-0.2, 0) is 4.79 Å².